The van der Waals surface area contributed by atoms with E-state index in [1.165, 1.54) is 5.56 Å². The van der Waals surface area contributed by atoms with E-state index in [1.807, 2.05) is 37.4 Å². The lowest BCUT2D eigenvalue weighted by Gasteiger charge is -2.12. The summed E-state index contributed by atoms with van der Waals surface area (Å²) in [6.45, 7) is 2.86. The zero-order chi connectivity index (χ0) is 14.4. The second-order valence-electron chi connectivity index (χ2n) is 4.74. The van der Waals surface area contributed by atoms with Crippen LogP contribution in [0.25, 0.3) is 0 Å². The normalized spacial score (nSPS) is 10.6. The third kappa shape index (κ3) is 3.75. The Labute approximate surface area is 125 Å². The third-order valence-electron chi connectivity index (χ3n) is 3.12. The molecular weight excluding hydrogens is 270 g/mol. The lowest BCUT2D eigenvalue weighted by atomic mass is 10.1. The van der Waals surface area contributed by atoms with Crippen molar-refractivity contribution in [2.24, 2.45) is 0 Å². The molecule has 0 saturated heterocycles. The van der Waals surface area contributed by atoms with Crippen LogP contribution in [0.4, 0.5) is 0 Å². The predicted molar refractivity (Wildman–Crippen MR) is 84.7 cm³/mol. The van der Waals surface area contributed by atoms with Gasteiger partial charge in [-0.3, -0.25) is 0 Å². The maximum Gasteiger partial charge on any atom is 0.133 e. The van der Waals surface area contributed by atoms with E-state index in [-0.39, 0.29) is 0 Å². The minimum Gasteiger partial charge on any atom is -0.457 e. The molecule has 2 aromatic rings. The van der Waals surface area contributed by atoms with E-state index >= 15 is 0 Å². The summed E-state index contributed by atoms with van der Waals surface area (Å²) in [6, 6.07) is 14.0. The van der Waals surface area contributed by atoms with Gasteiger partial charge in [-0.1, -0.05) is 43.1 Å². The number of nitrogens with one attached hydrogen (secondary N) is 1. The highest BCUT2D eigenvalue weighted by Gasteiger charge is 2.08. The van der Waals surface area contributed by atoms with Crippen LogP contribution in [0.3, 0.4) is 0 Å². The van der Waals surface area contributed by atoms with Gasteiger partial charge in [0.15, 0.2) is 0 Å². The van der Waals surface area contributed by atoms with Gasteiger partial charge in [-0.25, -0.2) is 0 Å². The number of ether oxygens (including phenoxy) is 1. The van der Waals surface area contributed by atoms with E-state index < -0.39 is 0 Å². The number of rotatable bonds is 6. The van der Waals surface area contributed by atoms with Crippen molar-refractivity contribution in [1.29, 1.82) is 0 Å². The molecule has 2 aromatic carbocycles. The number of aryl methyl sites for hydroxylation is 1. The van der Waals surface area contributed by atoms with Gasteiger partial charge >= 0.3 is 0 Å². The van der Waals surface area contributed by atoms with Crippen molar-refractivity contribution in [3.8, 4) is 11.5 Å². The first-order valence-electron chi connectivity index (χ1n) is 6.93. The second-order valence-corrected chi connectivity index (χ2v) is 5.15. The molecule has 2 nitrogen and oxygen atoms in total. The Morgan fingerprint density at radius 2 is 1.85 bits per heavy atom. The lowest BCUT2D eigenvalue weighted by Crippen LogP contribution is -2.07. The fourth-order valence-corrected chi connectivity index (χ4v) is 2.36. The van der Waals surface area contributed by atoms with Gasteiger partial charge in [-0.2, -0.15) is 0 Å². The average Bonchev–Trinajstić information content (AvgIpc) is 2.45. The summed E-state index contributed by atoms with van der Waals surface area (Å²) in [5.41, 5.74) is 2.32. The molecule has 0 amide bonds. The molecule has 0 aliphatic carbocycles. The minimum absolute atomic E-state index is 0.683. The van der Waals surface area contributed by atoms with Gasteiger partial charge in [-0.05, 0) is 43.3 Å². The highest BCUT2D eigenvalue weighted by atomic mass is 35.5. The summed E-state index contributed by atoms with van der Waals surface area (Å²) in [4.78, 5) is 0. The monoisotopic (exact) mass is 289 g/mol. The summed E-state index contributed by atoms with van der Waals surface area (Å²) in [6.07, 6.45) is 2.25. The Morgan fingerprint density at radius 3 is 2.50 bits per heavy atom. The molecule has 0 heterocycles. The van der Waals surface area contributed by atoms with Crippen LogP contribution < -0.4 is 10.1 Å². The maximum absolute atomic E-state index is 6.22. The first kappa shape index (κ1) is 14.9. The van der Waals surface area contributed by atoms with Crippen molar-refractivity contribution in [2.75, 3.05) is 7.05 Å². The molecule has 0 atom stereocenters. The Balaban J connectivity index is 2.19. The molecular formula is C17H20ClNO. The molecule has 2 rings (SSSR count). The summed E-state index contributed by atoms with van der Waals surface area (Å²) >= 11 is 6.22. The van der Waals surface area contributed by atoms with E-state index in [4.69, 9.17) is 16.3 Å². The smallest absolute Gasteiger partial charge is 0.133 e. The topological polar surface area (TPSA) is 21.3 Å². The second kappa shape index (κ2) is 7.32. The van der Waals surface area contributed by atoms with Crippen molar-refractivity contribution in [2.45, 2.75) is 26.3 Å². The quantitative estimate of drug-likeness (QED) is 0.824. The predicted octanol–water partition coefficient (Wildman–Crippen LogP) is 4.80. The summed E-state index contributed by atoms with van der Waals surface area (Å²) in [5.74, 6) is 1.64. The molecule has 1 N–H and O–H groups in total. The first-order chi connectivity index (χ1) is 9.74. The molecule has 0 aliphatic heterocycles. The van der Waals surface area contributed by atoms with E-state index in [0.717, 1.165) is 34.9 Å². The van der Waals surface area contributed by atoms with Crippen LogP contribution >= 0.6 is 11.6 Å². The third-order valence-corrected chi connectivity index (χ3v) is 3.47. The van der Waals surface area contributed by atoms with Crippen LogP contribution in [0.1, 0.15) is 24.5 Å². The molecule has 0 bridgehead atoms. The van der Waals surface area contributed by atoms with Gasteiger partial charge in [0, 0.05) is 17.1 Å². The van der Waals surface area contributed by atoms with Crippen molar-refractivity contribution < 1.29 is 4.74 Å². The van der Waals surface area contributed by atoms with Crippen molar-refractivity contribution in [1.82, 2.24) is 5.32 Å². The Bertz CT molecular complexity index is 551. The van der Waals surface area contributed by atoms with Crippen LogP contribution in [0.2, 0.25) is 5.02 Å². The zero-order valence-electron chi connectivity index (χ0n) is 11.9. The summed E-state index contributed by atoms with van der Waals surface area (Å²) < 4.78 is 5.95. The van der Waals surface area contributed by atoms with E-state index in [9.17, 15) is 0 Å². The number of hydrogen-bond donors (Lipinski definition) is 1. The largest absolute Gasteiger partial charge is 0.457 e. The molecule has 0 unspecified atom stereocenters. The summed E-state index contributed by atoms with van der Waals surface area (Å²) in [7, 11) is 1.90. The van der Waals surface area contributed by atoms with Crippen LogP contribution in [-0.4, -0.2) is 7.05 Å². The van der Waals surface area contributed by atoms with Gasteiger partial charge in [-0.15, -0.1) is 0 Å². The fraction of sp³-hybridized carbons (Fsp3) is 0.294. The van der Waals surface area contributed by atoms with Gasteiger partial charge in [0.05, 0.1) is 0 Å². The first-order valence-corrected chi connectivity index (χ1v) is 7.31. The standard InChI is InChI=1S/C17H20ClNO/c1-3-5-13-8-10-14(11-9-13)20-17-7-4-6-16(18)15(17)12-19-2/h4,6-11,19H,3,5,12H2,1-2H3. The number of hydrogen-bond acceptors (Lipinski definition) is 2. The van der Waals surface area contributed by atoms with Crippen LogP contribution in [-0.2, 0) is 13.0 Å². The molecule has 0 radical (unpaired) electrons. The zero-order valence-corrected chi connectivity index (χ0v) is 12.7. The molecule has 0 fully saturated rings. The Hall–Kier alpha value is -1.51. The molecule has 0 spiro atoms. The molecule has 0 aromatic heterocycles. The molecule has 3 heteroatoms. The van der Waals surface area contributed by atoms with Gasteiger partial charge in [0.25, 0.3) is 0 Å². The molecule has 0 saturated carbocycles. The highest BCUT2D eigenvalue weighted by molar-refractivity contribution is 6.31. The highest BCUT2D eigenvalue weighted by Crippen LogP contribution is 2.30. The summed E-state index contributed by atoms with van der Waals surface area (Å²) in [5, 5.41) is 3.83. The molecule has 20 heavy (non-hydrogen) atoms. The van der Waals surface area contributed by atoms with Crippen LogP contribution in [0.15, 0.2) is 42.5 Å². The molecule has 106 valence electrons. The lowest BCUT2D eigenvalue weighted by molar-refractivity contribution is 0.474. The molecule has 0 aliphatic rings. The van der Waals surface area contributed by atoms with Crippen molar-refractivity contribution in [3.63, 3.8) is 0 Å². The fourth-order valence-electron chi connectivity index (χ4n) is 2.12. The minimum atomic E-state index is 0.683. The van der Waals surface area contributed by atoms with E-state index in [2.05, 4.69) is 24.4 Å². The van der Waals surface area contributed by atoms with Crippen molar-refractivity contribution >= 4 is 11.6 Å². The Morgan fingerprint density at radius 1 is 1.10 bits per heavy atom. The van der Waals surface area contributed by atoms with Gasteiger partial charge in [0.1, 0.15) is 11.5 Å². The van der Waals surface area contributed by atoms with E-state index in [0.29, 0.717) is 6.54 Å². The number of benzene rings is 2. The maximum atomic E-state index is 6.22. The number of halogens is 1. The van der Waals surface area contributed by atoms with Gasteiger partial charge in [0.2, 0.25) is 0 Å². The van der Waals surface area contributed by atoms with Crippen molar-refractivity contribution in [3.05, 3.63) is 58.6 Å². The Kier molecular flexibility index (Phi) is 5.45. The van der Waals surface area contributed by atoms with Crippen LogP contribution in [0, 0.1) is 0 Å². The van der Waals surface area contributed by atoms with Gasteiger partial charge < -0.3 is 10.1 Å². The van der Waals surface area contributed by atoms with E-state index in [1.54, 1.807) is 0 Å². The SMILES string of the molecule is CCCc1ccc(Oc2cccc(Cl)c2CNC)cc1. The average molecular weight is 290 g/mol. The van der Waals surface area contributed by atoms with Crippen LogP contribution in [0.5, 0.6) is 11.5 Å².